The van der Waals surface area contributed by atoms with Gasteiger partial charge in [-0.05, 0) is 59.7 Å². The largest absolute Gasteiger partial charge is 0.497 e. The molecule has 0 spiro atoms. The highest BCUT2D eigenvalue weighted by Crippen LogP contribution is 2.22. The third kappa shape index (κ3) is 6.22. The van der Waals surface area contributed by atoms with Gasteiger partial charge in [0.2, 0.25) is 0 Å². The lowest BCUT2D eigenvalue weighted by atomic mass is 10.1. The Morgan fingerprint density at radius 1 is 0.828 bits per heavy atom. The van der Waals surface area contributed by atoms with Crippen molar-refractivity contribution in [2.75, 3.05) is 19.0 Å². The molecule has 0 aliphatic rings. The number of nitrogens with one attached hydrogen (secondary N) is 3. The Bertz CT molecular complexity index is 945. The second-order valence-electron chi connectivity index (χ2n) is 6.03. The van der Waals surface area contributed by atoms with Gasteiger partial charge in [0.05, 0.1) is 7.11 Å². The van der Waals surface area contributed by atoms with Gasteiger partial charge >= 0.3 is 0 Å². The molecule has 1 amide bonds. The number of anilines is 1. The number of hydrazine groups is 1. The molecule has 0 bridgehead atoms. The third-order valence-corrected chi connectivity index (χ3v) is 4.20. The number of rotatable bonds is 6. The predicted octanol–water partition coefficient (Wildman–Crippen LogP) is 3.76. The van der Waals surface area contributed by atoms with Crippen LogP contribution in [0.25, 0.3) is 11.1 Å². The Labute approximate surface area is 174 Å². The van der Waals surface area contributed by atoms with Gasteiger partial charge in [-0.2, -0.15) is 0 Å². The maximum atomic E-state index is 11.9. The molecule has 0 aliphatic carbocycles. The monoisotopic (exact) mass is 407 g/mol. The topological polar surface area (TPSA) is 71.6 Å². The van der Waals surface area contributed by atoms with Crippen LogP contribution >= 0.6 is 12.2 Å². The summed E-state index contributed by atoms with van der Waals surface area (Å²) in [6.45, 7) is -0.136. The van der Waals surface area contributed by atoms with Gasteiger partial charge in [-0.25, -0.2) is 0 Å². The minimum atomic E-state index is -0.351. The quantitative estimate of drug-likeness (QED) is 0.427. The fourth-order valence-electron chi connectivity index (χ4n) is 2.52. The molecule has 0 aromatic heterocycles. The number of amides is 1. The fourth-order valence-corrected chi connectivity index (χ4v) is 2.69. The van der Waals surface area contributed by atoms with Gasteiger partial charge in [-0.3, -0.25) is 15.6 Å². The first-order valence-corrected chi connectivity index (χ1v) is 9.33. The van der Waals surface area contributed by atoms with Crippen molar-refractivity contribution >= 4 is 28.9 Å². The van der Waals surface area contributed by atoms with Crippen LogP contribution in [-0.2, 0) is 4.79 Å². The molecule has 6 nitrogen and oxygen atoms in total. The van der Waals surface area contributed by atoms with E-state index in [1.54, 1.807) is 19.2 Å². The molecule has 3 aromatic carbocycles. The van der Waals surface area contributed by atoms with Crippen molar-refractivity contribution in [1.82, 2.24) is 10.9 Å². The average Bonchev–Trinajstić information content (AvgIpc) is 2.78. The van der Waals surface area contributed by atoms with Gasteiger partial charge < -0.3 is 14.8 Å². The van der Waals surface area contributed by atoms with Gasteiger partial charge in [-0.1, -0.05) is 42.5 Å². The molecule has 0 unspecified atom stereocenters. The number of ether oxygens (including phenoxy) is 2. The van der Waals surface area contributed by atoms with Crippen LogP contribution in [-0.4, -0.2) is 24.7 Å². The van der Waals surface area contributed by atoms with Crippen molar-refractivity contribution in [1.29, 1.82) is 0 Å². The van der Waals surface area contributed by atoms with E-state index in [9.17, 15) is 4.79 Å². The summed E-state index contributed by atoms with van der Waals surface area (Å²) in [5.41, 5.74) is 8.10. The Morgan fingerprint density at radius 2 is 1.45 bits per heavy atom. The maximum Gasteiger partial charge on any atom is 0.276 e. The lowest BCUT2D eigenvalue weighted by molar-refractivity contribution is -0.123. The standard InChI is InChI=1S/C22H21N3O3S/c1-27-19-13-9-18(10-14-19)23-22(29)25-24-21(26)15-28-20-11-7-17(8-12-20)16-5-3-2-4-6-16/h2-14H,15H2,1H3,(H,24,26)(H2,23,25,29). The third-order valence-electron chi connectivity index (χ3n) is 3.99. The number of thiocarbonyl (C=S) groups is 1. The number of benzene rings is 3. The van der Waals surface area contributed by atoms with Gasteiger partial charge in [0.15, 0.2) is 11.7 Å². The molecule has 0 aliphatic heterocycles. The summed E-state index contributed by atoms with van der Waals surface area (Å²) >= 11 is 5.15. The highest BCUT2D eigenvalue weighted by molar-refractivity contribution is 7.80. The van der Waals surface area contributed by atoms with E-state index in [1.807, 2.05) is 66.7 Å². The van der Waals surface area contributed by atoms with Crippen LogP contribution in [0.4, 0.5) is 5.69 Å². The van der Waals surface area contributed by atoms with Crippen molar-refractivity contribution < 1.29 is 14.3 Å². The number of carbonyl (C=O) groups is 1. The molecule has 0 atom stereocenters. The number of carbonyl (C=O) groups excluding carboxylic acids is 1. The molecular weight excluding hydrogens is 386 g/mol. The van der Waals surface area contributed by atoms with Crippen LogP contribution in [0, 0.1) is 0 Å². The van der Waals surface area contributed by atoms with Crippen LogP contribution in [0.15, 0.2) is 78.9 Å². The molecule has 0 radical (unpaired) electrons. The smallest absolute Gasteiger partial charge is 0.276 e. The Hall–Kier alpha value is -3.58. The SMILES string of the molecule is COc1ccc(NC(=S)NNC(=O)COc2ccc(-c3ccccc3)cc2)cc1. The normalized spacial score (nSPS) is 9.97. The summed E-state index contributed by atoms with van der Waals surface area (Å²) in [6, 6.07) is 24.9. The van der Waals surface area contributed by atoms with E-state index in [0.29, 0.717) is 5.75 Å². The molecule has 0 heterocycles. The minimum Gasteiger partial charge on any atom is -0.497 e. The summed E-state index contributed by atoms with van der Waals surface area (Å²) in [4.78, 5) is 11.9. The van der Waals surface area contributed by atoms with Crippen molar-refractivity contribution in [2.24, 2.45) is 0 Å². The molecule has 3 aromatic rings. The number of hydrogen-bond donors (Lipinski definition) is 3. The molecule has 0 saturated heterocycles. The lowest BCUT2D eigenvalue weighted by Gasteiger charge is -2.12. The zero-order chi connectivity index (χ0) is 20.5. The summed E-state index contributed by atoms with van der Waals surface area (Å²) in [7, 11) is 1.60. The van der Waals surface area contributed by atoms with Gasteiger partial charge in [-0.15, -0.1) is 0 Å². The van der Waals surface area contributed by atoms with Crippen molar-refractivity contribution in [3.05, 3.63) is 78.9 Å². The molecule has 3 rings (SSSR count). The van der Waals surface area contributed by atoms with E-state index in [4.69, 9.17) is 21.7 Å². The van der Waals surface area contributed by atoms with Crippen LogP contribution in [0.2, 0.25) is 0 Å². The summed E-state index contributed by atoms with van der Waals surface area (Å²) in [5, 5.41) is 3.21. The van der Waals surface area contributed by atoms with E-state index in [1.165, 1.54) is 0 Å². The lowest BCUT2D eigenvalue weighted by Crippen LogP contribution is -2.45. The zero-order valence-corrected chi connectivity index (χ0v) is 16.7. The second kappa shape index (κ2) is 10.1. The summed E-state index contributed by atoms with van der Waals surface area (Å²) < 4.78 is 10.6. The van der Waals surface area contributed by atoms with E-state index in [2.05, 4.69) is 16.2 Å². The highest BCUT2D eigenvalue weighted by atomic mass is 32.1. The second-order valence-corrected chi connectivity index (χ2v) is 6.44. The number of hydrogen-bond acceptors (Lipinski definition) is 4. The summed E-state index contributed by atoms with van der Waals surface area (Å²) in [6.07, 6.45) is 0. The van der Waals surface area contributed by atoms with E-state index in [0.717, 1.165) is 22.6 Å². The van der Waals surface area contributed by atoms with Gasteiger partial charge in [0.1, 0.15) is 11.5 Å². The highest BCUT2D eigenvalue weighted by Gasteiger charge is 2.05. The molecule has 7 heteroatoms. The van der Waals surface area contributed by atoms with Crippen LogP contribution in [0.1, 0.15) is 0 Å². The average molecular weight is 407 g/mol. The van der Waals surface area contributed by atoms with Gasteiger partial charge in [0.25, 0.3) is 5.91 Å². The summed E-state index contributed by atoms with van der Waals surface area (Å²) in [5.74, 6) is 1.01. The predicted molar refractivity (Wildman–Crippen MR) is 118 cm³/mol. The zero-order valence-electron chi connectivity index (χ0n) is 15.8. The van der Waals surface area contributed by atoms with Crippen molar-refractivity contribution in [2.45, 2.75) is 0 Å². The van der Waals surface area contributed by atoms with Crippen molar-refractivity contribution in [3.8, 4) is 22.6 Å². The fraction of sp³-hybridized carbons (Fsp3) is 0.0909. The van der Waals surface area contributed by atoms with Crippen LogP contribution in [0.3, 0.4) is 0 Å². The molecule has 148 valence electrons. The van der Waals surface area contributed by atoms with E-state index in [-0.39, 0.29) is 17.6 Å². The Kier molecular flexibility index (Phi) is 7.02. The first kappa shape index (κ1) is 20.2. The molecule has 3 N–H and O–H groups in total. The number of methoxy groups -OCH3 is 1. The molecule has 0 fully saturated rings. The van der Waals surface area contributed by atoms with Crippen molar-refractivity contribution in [3.63, 3.8) is 0 Å². The molecule has 29 heavy (non-hydrogen) atoms. The Morgan fingerprint density at radius 3 is 2.10 bits per heavy atom. The van der Waals surface area contributed by atoms with E-state index >= 15 is 0 Å². The Balaban J connectivity index is 1.40. The van der Waals surface area contributed by atoms with Crippen LogP contribution < -0.4 is 25.6 Å². The molecule has 0 saturated carbocycles. The maximum absolute atomic E-state index is 11.9. The minimum absolute atomic E-state index is 0.136. The van der Waals surface area contributed by atoms with Crippen LogP contribution in [0.5, 0.6) is 11.5 Å². The first-order chi connectivity index (χ1) is 14.1. The van der Waals surface area contributed by atoms with Gasteiger partial charge in [0, 0.05) is 5.69 Å². The first-order valence-electron chi connectivity index (χ1n) is 8.92. The molecular formula is C22H21N3O3S. The van der Waals surface area contributed by atoms with E-state index < -0.39 is 0 Å².